The lowest BCUT2D eigenvalue weighted by molar-refractivity contribution is -0.140. The molecule has 0 aliphatic rings. The van der Waals surface area contributed by atoms with E-state index in [9.17, 15) is 17.6 Å². The first-order valence-corrected chi connectivity index (χ1v) is 8.06. The summed E-state index contributed by atoms with van der Waals surface area (Å²) >= 11 is 13.7. The monoisotopic (exact) mass is 450 g/mol. The Bertz CT molecular complexity index is 619. The number of alkyl halides is 4. The molecular formula is C12H5Br2ClF4S. The van der Waals surface area contributed by atoms with Gasteiger partial charge < -0.3 is 0 Å². The molecule has 2 aromatic rings. The summed E-state index contributed by atoms with van der Waals surface area (Å²) in [6, 6.07) is 4.57. The van der Waals surface area contributed by atoms with Crippen LogP contribution >= 0.6 is 54.8 Å². The summed E-state index contributed by atoms with van der Waals surface area (Å²) < 4.78 is 52.0. The number of hydrogen-bond donors (Lipinski definition) is 0. The van der Waals surface area contributed by atoms with Gasteiger partial charge in [0.1, 0.15) is 5.82 Å². The van der Waals surface area contributed by atoms with E-state index in [0.29, 0.717) is 14.4 Å². The van der Waals surface area contributed by atoms with Crippen LogP contribution in [0.2, 0.25) is 5.02 Å². The van der Waals surface area contributed by atoms with E-state index in [1.54, 1.807) is 6.07 Å². The van der Waals surface area contributed by atoms with Crippen molar-refractivity contribution < 1.29 is 17.6 Å². The molecule has 108 valence electrons. The standard InChI is InChI=1S/C12H5Br2ClF4S/c13-10(9-4-7(15)11(14)20-9)5-1-2-8(16)6(3-5)12(17,18)19/h1-4,10H. The molecule has 0 fully saturated rings. The average molecular weight is 452 g/mol. The fourth-order valence-corrected chi connectivity index (χ4v) is 4.02. The normalized spacial score (nSPS) is 13.6. The Morgan fingerprint density at radius 1 is 1.20 bits per heavy atom. The van der Waals surface area contributed by atoms with Gasteiger partial charge in [-0.2, -0.15) is 13.2 Å². The van der Waals surface area contributed by atoms with Crippen LogP contribution in [-0.2, 0) is 6.18 Å². The minimum absolute atomic E-state index is 0.309. The lowest BCUT2D eigenvalue weighted by Crippen LogP contribution is -2.09. The van der Waals surface area contributed by atoms with Crippen LogP contribution in [0.3, 0.4) is 0 Å². The van der Waals surface area contributed by atoms with Crippen molar-refractivity contribution in [3.8, 4) is 0 Å². The molecule has 8 heteroatoms. The maximum atomic E-state index is 13.2. The third kappa shape index (κ3) is 3.37. The van der Waals surface area contributed by atoms with Crippen LogP contribution in [0.15, 0.2) is 28.1 Å². The van der Waals surface area contributed by atoms with E-state index < -0.39 is 22.4 Å². The second kappa shape index (κ2) is 5.94. The number of benzene rings is 1. The Kier molecular flexibility index (Phi) is 4.83. The summed E-state index contributed by atoms with van der Waals surface area (Å²) in [5, 5.41) is 0.479. The van der Waals surface area contributed by atoms with Crippen molar-refractivity contribution in [2.24, 2.45) is 0 Å². The van der Waals surface area contributed by atoms with Crippen molar-refractivity contribution in [2.45, 2.75) is 11.0 Å². The van der Waals surface area contributed by atoms with Crippen molar-refractivity contribution in [1.29, 1.82) is 0 Å². The number of halogens is 7. The summed E-state index contributed by atoms with van der Waals surface area (Å²) in [6.45, 7) is 0. The molecule has 1 atom stereocenters. The molecule has 0 aliphatic carbocycles. The maximum Gasteiger partial charge on any atom is 0.419 e. The van der Waals surface area contributed by atoms with E-state index in [0.717, 1.165) is 17.0 Å². The van der Waals surface area contributed by atoms with Crippen LogP contribution in [0.4, 0.5) is 17.6 Å². The highest BCUT2D eigenvalue weighted by atomic mass is 79.9. The number of hydrogen-bond acceptors (Lipinski definition) is 1. The zero-order valence-corrected chi connectivity index (χ0v) is 14.2. The van der Waals surface area contributed by atoms with E-state index in [1.165, 1.54) is 17.4 Å². The zero-order chi connectivity index (χ0) is 15.1. The van der Waals surface area contributed by atoms with Gasteiger partial charge in [-0.05, 0) is 39.7 Å². The Morgan fingerprint density at radius 3 is 2.35 bits per heavy atom. The third-order valence-corrected chi connectivity index (χ3v) is 6.37. The van der Waals surface area contributed by atoms with Gasteiger partial charge >= 0.3 is 6.18 Å². The quantitative estimate of drug-likeness (QED) is 0.347. The lowest BCUT2D eigenvalue weighted by atomic mass is 10.1. The van der Waals surface area contributed by atoms with Gasteiger partial charge in [-0.15, -0.1) is 11.3 Å². The summed E-state index contributed by atoms with van der Waals surface area (Å²) in [6.07, 6.45) is -4.72. The molecule has 0 saturated heterocycles. The van der Waals surface area contributed by atoms with Crippen LogP contribution in [0.1, 0.15) is 20.8 Å². The highest BCUT2D eigenvalue weighted by molar-refractivity contribution is 9.11. The lowest BCUT2D eigenvalue weighted by Gasteiger charge is -2.13. The molecular weight excluding hydrogens is 447 g/mol. The Hall–Kier alpha value is -0.110. The Morgan fingerprint density at radius 2 is 1.85 bits per heavy atom. The minimum Gasteiger partial charge on any atom is -0.206 e. The summed E-state index contributed by atoms with van der Waals surface area (Å²) in [5.74, 6) is -1.29. The molecule has 0 bridgehead atoms. The molecule has 1 aromatic heterocycles. The first kappa shape index (κ1) is 16.3. The second-order valence-corrected chi connectivity index (χ2v) is 7.59. The molecule has 1 unspecified atom stereocenters. The van der Waals surface area contributed by atoms with Crippen molar-refractivity contribution in [1.82, 2.24) is 0 Å². The first-order valence-electron chi connectivity index (χ1n) is 5.15. The Labute approximate surface area is 138 Å². The molecule has 20 heavy (non-hydrogen) atoms. The minimum atomic E-state index is -4.72. The SMILES string of the molecule is Fc1ccc(C(Br)c2cc(Cl)c(Br)s2)cc1C(F)(F)F. The topological polar surface area (TPSA) is 0 Å². The number of rotatable bonds is 2. The fraction of sp³-hybridized carbons (Fsp3) is 0.167. The van der Waals surface area contributed by atoms with Gasteiger partial charge in [-0.1, -0.05) is 33.6 Å². The third-order valence-electron chi connectivity index (χ3n) is 2.50. The van der Waals surface area contributed by atoms with Gasteiger partial charge in [0, 0.05) is 4.88 Å². The van der Waals surface area contributed by atoms with Crippen LogP contribution < -0.4 is 0 Å². The molecule has 0 amide bonds. The molecule has 0 N–H and O–H groups in total. The van der Waals surface area contributed by atoms with Crippen LogP contribution in [0.5, 0.6) is 0 Å². The van der Waals surface area contributed by atoms with Crippen molar-refractivity contribution in [3.63, 3.8) is 0 Å². The summed E-state index contributed by atoms with van der Waals surface area (Å²) in [4.78, 5) is 0.236. The van der Waals surface area contributed by atoms with E-state index in [1.807, 2.05) is 0 Å². The highest BCUT2D eigenvalue weighted by Crippen LogP contribution is 2.42. The Balaban J connectivity index is 2.43. The van der Waals surface area contributed by atoms with E-state index in [4.69, 9.17) is 11.6 Å². The molecule has 1 aromatic carbocycles. The van der Waals surface area contributed by atoms with E-state index >= 15 is 0 Å². The zero-order valence-electron chi connectivity index (χ0n) is 9.44. The van der Waals surface area contributed by atoms with Crippen molar-refractivity contribution >= 4 is 54.8 Å². The molecule has 0 saturated carbocycles. The molecule has 0 aliphatic heterocycles. The van der Waals surface area contributed by atoms with Gasteiger partial charge in [-0.3, -0.25) is 0 Å². The molecule has 0 nitrogen and oxygen atoms in total. The van der Waals surface area contributed by atoms with Crippen LogP contribution in [-0.4, -0.2) is 0 Å². The van der Waals surface area contributed by atoms with Crippen molar-refractivity contribution in [3.05, 3.63) is 54.9 Å². The predicted molar refractivity (Wildman–Crippen MR) is 79.2 cm³/mol. The van der Waals surface area contributed by atoms with Crippen molar-refractivity contribution in [2.75, 3.05) is 0 Å². The van der Waals surface area contributed by atoms with E-state index in [2.05, 4.69) is 31.9 Å². The van der Waals surface area contributed by atoms with Gasteiger partial charge in [0.25, 0.3) is 0 Å². The van der Waals surface area contributed by atoms with Gasteiger partial charge in [0.05, 0.1) is 19.2 Å². The predicted octanol–water partition coefficient (Wildman–Crippen LogP) is 6.81. The van der Waals surface area contributed by atoms with Gasteiger partial charge in [0.15, 0.2) is 0 Å². The smallest absolute Gasteiger partial charge is 0.206 e. The highest BCUT2D eigenvalue weighted by Gasteiger charge is 2.34. The fourth-order valence-electron chi connectivity index (χ4n) is 1.57. The van der Waals surface area contributed by atoms with Crippen LogP contribution in [0.25, 0.3) is 0 Å². The molecule has 0 spiro atoms. The second-order valence-electron chi connectivity index (χ2n) is 3.87. The molecule has 1 heterocycles. The van der Waals surface area contributed by atoms with Crippen LogP contribution in [0, 0.1) is 5.82 Å². The van der Waals surface area contributed by atoms with Gasteiger partial charge in [0.2, 0.25) is 0 Å². The summed E-state index contributed by atoms with van der Waals surface area (Å²) in [5.41, 5.74) is -0.967. The summed E-state index contributed by atoms with van der Waals surface area (Å²) in [7, 11) is 0. The average Bonchev–Trinajstić information content (AvgIpc) is 2.68. The van der Waals surface area contributed by atoms with E-state index in [-0.39, 0.29) is 0 Å². The van der Waals surface area contributed by atoms with Gasteiger partial charge in [-0.25, -0.2) is 4.39 Å². The first-order chi connectivity index (χ1) is 9.20. The number of thiophene rings is 1. The molecule has 0 radical (unpaired) electrons. The maximum absolute atomic E-state index is 13.2. The molecule has 2 rings (SSSR count). The largest absolute Gasteiger partial charge is 0.419 e.